The predicted octanol–water partition coefficient (Wildman–Crippen LogP) is 5.29. The first-order chi connectivity index (χ1) is 20.1. The first-order valence-electron chi connectivity index (χ1n) is 14.1. The molecule has 2 aliphatic carbocycles. The summed E-state index contributed by atoms with van der Waals surface area (Å²) in [6.45, 7) is 0. The number of aliphatic hydroxyl groups is 1. The first kappa shape index (κ1) is 26.5. The summed E-state index contributed by atoms with van der Waals surface area (Å²) in [4.78, 5) is 26.0. The van der Waals surface area contributed by atoms with Gasteiger partial charge in [0.1, 0.15) is 11.5 Å². The number of benzene rings is 2. The van der Waals surface area contributed by atoms with E-state index in [0.717, 1.165) is 66.7 Å². The molecule has 0 bridgehead atoms. The zero-order chi connectivity index (χ0) is 28.0. The molecule has 2 saturated carbocycles. The number of anilines is 3. The topological polar surface area (TPSA) is 112 Å². The Kier molecular flexibility index (Phi) is 7.88. The third-order valence-electron chi connectivity index (χ3n) is 7.32. The summed E-state index contributed by atoms with van der Waals surface area (Å²) in [5, 5.41) is 19.8. The van der Waals surface area contributed by atoms with Gasteiger partial charge in [-0.25, -0.2) is 9.97 Å². The lowest BCUT2D eigenvalue weighted by Gasteiger charge is -2.27. The molecule has 2 aromatic carbocycles. The van der Waals surface area contributed by atoms with Crippen LogP contribution in [-0.4, -0.2) is 44.2 Å². The molecule has 4 N–H and O–H groups in total. The van der Waals surface area contributed by atoms with Crippen molar-refractivity contribution in [3.05, 3.63) is 95.9 Å². The molecule has 2 aliphatic rings. The molecule has 206 valence electrons. The van der Waals surface area contributed by atoms with Crippen LogP contribution in [0.4, 0.5) is 17.5 Å². The summed E-state index contributed by atoms with van der Waals surface area (Å²) < 4.78 is 0. The monoisotopic (exact) mass is 544 g/mol. The van der Waals surface area contributed by atoms with Crippen molar-refractivity contribution in [2.24, 2.45) is 0 Å². The van der Waals surface area contributed by atoms with E-state index in [0.29, 0.717) is 23.2 Å². The number of amides is 1. The van der Waals surface area contributed by atoms with Gasteiger partial charge in [-0.2, -0.15) is 4.98 Å². The molecule has 0 saturated heterocycles. The number of nitrogens with one attached hydrogen (secondary N) is 3. The lowest BCUT2D eigenvalue weighted by Crippen LogP contribution is -2.28. The van der Waals surface area contributed by atoms with Crippen molar-refractivity contribution < 1.29 is 9.90 Å². The van der Waals surface area contributed by atoms with Crippen LogP contribution < -0.4 is 16.0 Å². The minimum atomic E-state index is -0.211. The zero-order valence-electron chi connectivity index (χ0n) is 22.7. The summed E-state index contributed by atoms with van der Waals surface area (Å²) in [6, 6.07) is 21.8. The Morgan fingerprint density at radius 2 is 1.61 bits per heavy atom. The quantitative estimate of drug-likeness (QED) is 0.234. The molecule has 0 radical (unpaired) electrons. The highest BCUT2D eigenvalue weighted by molar-refractivity contribution is 5.94. The van der Waals surface area contributed by atoms with E-state index < -0.39 is 0 Å². The molecule has 4 aromatic rings. The first-order valence-corrected chi connectivity index (χ1v) is 14.1. The molecule has 0 atom stereocenters. The molecule has 2 aromatic heterocycles. The molecule has 0 unspecified atom stereocenters. The fraction of sp³-hybridized carbons (Fsp3) is 0.273. The van der Waals surface area contributed by atoms with E-state index in [4.69, 9.17) is 4.98 Å². The summed E-state index contributed by atoms with van der Waals surface area (Å²) in [7, 11) is 0. The SMILES string of the molecule is O=C(NC1CC1)c1ccnc(C#Cc2ccc(Nc3ncc(-c4ccccc4)c(NC4CCC(O)CC4)n3)cc2)c1. The Labute approximate surface area is 239 Å². The van der Waals surface area contributed by atoms with Gasteiger partial charge in [-0.15, -0.1) is 0 Å². The fourth-order valence-corrected chi connectivity index (χ4v) is 4.83. The second-order valence-corrected chi connectivity index (χ2v) is 10.6. The highest BCUT2D eigenvalue weighted by atomic mass is 16.3. The second-order valence-electron chi connectivity index (χ2n) is 10.6. The average molecular weight is 545 g/mol. The van der Waals surface area contributed by atoms with Crippen LogP contribution in [0.25, 0.3) is 11.1 Å². The van der Waals surface area contributed by atoms with Crippen LogP contribution in [0.5, 0.6) is 0 Å². The van der Waals surface area contributed by atoms with Gasteiger partial charge in [0, 0.05) is 46.9 Å². The third kappa shape index (κ3) is 7.07. The summed E-state index contributed by atoms with van der Waals surface area (Å²) in [6.07, 6.45) is 8.72. The minimum Gasteiger partial charge on any atom is -0.393 e. The molecule has 41 heavy (non-hydrogen) atoms. The number of hydrogen-bond donors (Lipinski definition) is 4. The maximum Gasteiger partial charge on any atom is 0.251 e. The van der Waals surface area contributed by atoms with Gasteiger partial charge in [0.2, 0.25) is 5.95 Å². The van der Waals surface area contributed by atoms with Gasteiger partial charge >= 0.3 is 0 Å². The van der Waals surface area contributed by atoms with Crippen molar-refractivity contribution in [1.29, 1.82) is 0 Å². The largest absolute Gasteiger partial charge is 0.393 e. The van der Waals surface area contributed by atoms with E-state index in [1.807, 2.05) is 48.7 Å². The number of carbonyl (C=O) groups is 1. The van der Waals surface area contributed by atoms with E-state index in [-0.39, 0.29) is 18.1 Å². The van der Waals surface area contributed by atoms with E-state index in [2.05, 4.69) is 49.9 Å². The van der Waals surface area contributed by atoms with Crippen LogP contribution in [-0.2, 0) is 0 Å². The molecular weight excluding hydrogens is 512 g/mol. The Morgan fingerprint density at radius 3 is 2.37 bits per heavy atom. The molecule has 1 amide bonds. The van der Waals surface area contributed by atoms with Gasteiger partial charge in [-0.1, -0.05) is 36.3 Å². The molecule has 2 heterocycles. The molecule has 0 aliphatic heterocycles. The van der Waals surface area contributed by atoms with Crippen molar-refractivity contribution in [1.82, 2.24) is 20.3 Å². The lowest BCUT2D eigenvalue weighted by molar-refractivity contribution is 0.0951. The number of pyridine rings is 1. The maximum absolute atomic E-state index is 12.3. The molecule has 8 heteroatoms. The Bertz CT molecular complexity index is 1570. The van der Waals surface area contributed by atoms with Gasteiger partial charge in [-0.05, 0) is 86.4 Å². The van der Waals surface area contributed by atoms with Crippen molar-refractivity contribution in [3.63, 3.8) is 0 Å². The van der Waals surface area contributed by atoms with Crippen LogP contribution in [0, 0.1) is 11.8 Å². The smallest absolute Gasteiger partial charge is 0.251 e. The summed E-state index contributed by atoms with van der Waals surface area (Å²) >= 11 is 0. The van der Waals surface area contributed by atoms with E-state index in [1.165, 1.54) is 0 Å². The average Bonchev–Trinajstić information content (AvgIpc) is 3.83. The molecule has 0 spiro atoms. The van der Waals surface area contributed by atoms with Crippen molar-refractivity contribution in [2.45, 2.75) is 56.7 Å². The van der Waals surface area contributed by atoms with Crippen LogP contribution in [0.2, 0.25) is 0 Å². The van der Waals surface area contributed by atoms with E-state index in [9.17, 15) is 9.90 Å². The predicted molar refractivity (Wildman–Crippen MR) is 160 cm³/mol. The number of rotatable bonds is 7. The number of aromatic nitrogens is 3. The molecular formula is C33H32N6O2. The van der Waals surface area contributed by atoms with Gasteiger partial charge in [0.15, 0.2) is 0 Å². The van der Waals surface area contributed by atoms with Gasteiger partial charge < -0.3 is 21.1 Å². The highest BCUT2D eigenvalue weighted by Crippen LogP contribution is 2.30. The summed E-state index contributed by atoms with van der Waals surface area (Å²) in [5.41, 5.74) is 4.78. The zero-order valence-corrected chi connectivity index (χ0v) is 22.7. The molecule has 8 nitrogen and oxygen atoms in total. The summed E-state index contributed by atoms with van der Waals surface area (Å²) in [5.74, 6) is 7.37. The Hall–Kier alpha value is -4.74. The van der Waals surface area contributed by atoms with Gasteiger partial charge in [0.05, 0.1) is 6.10 Å². The third-order valence-corrected chi connectivity index (χ3v) is 7.32. The lowest BCUT2D eigenvalue weighted by atomic mass is 9.93. The number of aliphatic hydroxyl groups excluding tert-OH is 1. The van der Waals surface area contributed by atoms with Gasteiger partial charge in [-0.3, -0.25) is 4.79 Å². The molecule has 6 rings (SSSR count). The van der Waals surface area contributed by atoms with E-state index >= 15 is 0 Å². The minimum absolute atomic E-state index is 0.0803. The maximum atomic E-state index is 12.3. The van der Waals surface area contributed by atoms with Gasteiger partial charge in [0.25, 0.3) is 5.91 Å². The number of carbonyl (C=O) groups excluding carboxylic acids is 1. The van der Waals surface area contributed by atoms with E-state index in [1.54, 1.807) is 18.3 Å². The highest BCUT2D eigenvalue weighted by Gasteiger charge is 2.24. The second kappa shape index (κ2) is 12.2. The van der Waals surface area contributed by atoms with Crippen LogP contribution in [0.15, 0.2) is 79.1 Å². The van der Waals surface area contributed by atoms with Crippen LogP contribution in [0.3, 0.4) is 0 Å². The molecule has 2 fully saturated rings. The standard InChI is InChI=1S/C33H32N6O2/c40-29-16-14-25(15-17-29)36-31-30(23-4-2-1-3-5-23)21-35-33(39-31)38-27-9-6-22(7-10-27)8-11-28-20-24(18-19-34-28)32(41)37-26-12-13-26/h1-7,9-10,18-21,25-26,29,40H,12-17H2,(H,37,41)(H2,35,36,38,39). The van der Waals surface area contributed by atoms with Crippen molar-refractivity contribution >= 4 is 23.4 Å². The number of hydrogen-bond acceptors (Lipinski definition) is 7. The number of nitrogens with zero attached hydrogens (tertiary/aromatic N) is 3. The Balaban J connectivity index is 1.15. The van der Waals surface area contributed by atoms with Crippen LogP contribution in [0.1, 0.15) is 60.1 Å². The fourth-order valence-electron chi connectivity index (χ4n) is 4.83. The van der Waals surface area contributed by atoms with Crippen molar-refractivity contribution in [2.75, 3.05) is 10.6 Å². The van der Waals surface area contributed by atoms with Crippen molar-refractivity contribution in [3.8, 4) is 23.0 Å². The Morgan fingerprint density at radius 1 is 0.854 bits per heavy atom. The normalized spacial score (nSPS) is 18.1. The van der Waals surface area contributed by atoms with Crippen LogP contribution >= 0.6 is 0 Å².